The lowest BCUT2D eigenvalue weighted by Gasteiger charge is -2.24. The average molecular weight is 269 g/mol. The van der Waals surface area contributed by atoms with Gasteiger partial charge in [-0.1, -0.05) is 37.8 Å². The molecule has 2 rings (SSSR count). The number of ether oxygens (including phenoxy) is 1. The Labute approximate surface area is 114 Å². The van der Waals surface area contributed by atoms with Gasteiger partial charge in [0, 0.05) is 12.7 Å². The molecule has 18 heavy (non-hydrogen) atoms. The largest absolute Gasteiger partial charge is 0.477 e. The van der Waals surface area contributed by atoms with E-state index < -0.39 is 0 Å². The van der Waals surface area contributed by atoms with Crippen LogP contribution in [0.15, 0.2) is 12.3 Å². The van der Waals surface area contributed by atoms with E-state index in [4.69, 9.17) is 16.3 Å². The fraction of sp³-hybridized carbons (Fsp3) is 0.643. The number of pyridine rings is 1. The van der Waals surface area contributed by atoms with E-state index in [2.05, 4.69) is 17.2 Å². The SMILES string of the molecule is CCNCc1cnc(OCCC2CCC2)c(Cl)c1. The van der Waals surface area contributed by atoms with Gasteiger partial charge in [0.15, 0.2) is 0 Å². The van der Waals surface area contributed by atoms with E-state index in [0.717, 1.165) is 37.6 Å². The van der Waals surface area contributed by atoms with Crippen LogP contribution in [0.5, 0.6) is 5.88 Å². The summed E-state index contributed by atoms with van der Waals surface area (Å²) in [5, 5.41) is 3.86. The highest BCUT2D eigenvalue weighted by atomic mass is 35.5. The van der Waals surface area contributed by atoms with Gasteiger partial charge in [-0.2, -0.15) is 0 Å². The topological polar surface area (TPSA) is 34.2 Å². The molecule has 1 aromatic heterocycles. The van der Waals surface area contributed by atoms with Crippen LogP contribution in [0.25, 0.3) is 0 Å². The molecule has 1 heterocycles. The van der Waals surface area contributed by atoms with Crippen LogP contribution in [0, 0.1) is 5.92 Å². The Morgan fingerprint density at radius 1 is 1.50 bits per heavy atom. The zero-order valence-corrected chi connectivity index (χ0v) is 11.7. The molecule has 1 aliphatic rings. The van der Waals surface area contributed by atoms with Crippen molar-refractivity contribution in [1.29, 1.82) is 0 Å². The lowest BCUT2D eigenvalue weighted by atomic mass is 9.83. The van der Waals surface area contributed by atoms with E-state index in [9.17, 15) is 0 Å². The second-order valence-corrected chi connectivity index (χ2v) is 5.25. The number of hydrogen-bond acceptors (Lipinski definition) is 3. The molecule has 100 valence electrons. The van der Waals surface area contributed by atoms with Gasteiger partial charge in [-0.05, 0) is 30.5 Å². The molecule has 0 aliphatic heterocycles. The molecule has 0 saturated heterocycles. The maximum absolute atomic E-state index is 6.16. The van der Waals surface area contributed by atoms with Gasteiger partial charge >= 0.3 is 0 Å². The molecule has 0 bridgehead atoms. The Bertz CT molecular complexity index is 380. The molecule has 4 heteroatoms. The van der Waals surface area contributed by atoms with Gasteiger partial charge in [-0.25, -0.2) is 4.98 Å². The molecule has 1 fully saturated rings. The van der Waals surface area contributed by atoms with Crippen LogP contribution in [0.1, 0.15) is 38.2 Å². The minimum Gasteiger partial charge on any atom is -0.477 e. The lowest BCUT2D eigenvalue weighted by Crippen LogP contribution is -2.15. The third kappa shape index (κ3) is 3.85. The fourth-order valence-electron chi connectivity index (χ4n) is 2.04. The molecular formula is C14H21ClN2O. The van der Waals surface area contributed by atoms with Gasteiger partial charge in [0.2, 0.25) is 5.88 Å². The molecule has 0 unspecified atom stereocenters. The van der Waals surface area contributed by atoms with Crippen molar-refractivity contribution in [3.8, 4) is 5.88 Å². The highest BCUT2D eigenvalue weighted by Gasteiger charge is 2.17. The molecule has 0 atom stereocenters. The third-order valence-electron chi connectivity index (χ3n) is 3.43. The molecule has 0 spiro atoms. The van der Waals surface area contributed by atoms with Crippen LogP contribution >= 0.6 is 11.6 Å². The Kier molecular flexibility index (Phi) is 5.26. The summed E-state index contributed by atoms with van der Waals surface area (Å²) in [6, 6.07) is 1.93. The summed E-state index contributed by atoms with van der Waals surface area (Å²) in [5.74, 6) is 1.42. The molecule has 1 N–H and O–H groups in total. The van der Waals surface area contributed by atoms with Gasteiger partial charge in [-0.15, -0.1) is 0 Å². The van der Waals surface area contributed by atoms with Crippen molar-refractivity contribution in [3.05, 3.63) is 22.8 Å². The van der Waals surface area contributed by atoms with E-state index in [1.54, 1.807) is 0 Å². The summed E-state index contributed by atoms with van der Waals surface area (Å²) in [6.45, 7) is 4.54. The van der Waals surface area contributed by atoms with Crippen molar-refractivity contribution < 1.29 is 4.74 Å². The molecular weight excluding hydrogens is 248 g/mol. The monoisotopic (exact) mass is 268 g/mol. The van der Waals surface area contributed by atoms with Gasteiger partial charge in [-0.3, -0.25) is 0 Å². The van der Waals surface area contributed by atoms with Crippen LogP contribution < -0.4 is 10.1 Å². The number of nitrogens with one attached hydrogen (secondary N) is 1. The Morgan fingerprint density at radius 3 is 2.94 bits per heavy atom. The predicted octanol–water partition coefficient (Wildman–Crippen LogP) is 3.41. The first-order valence-electron chi connectivity index (χ1n) is 6.77. The Hall–Kier alpha value is -0.800. The van der Waals surface area contributed by atoms with Crippen molar-refractivity contribution in [2.24, 2.45) is 5.92 Å². The summed E-state index contributed by atoms with van der Waals surface area (Å²) >= 11 is 6.16. The van der Waals surface area contributed by atoms with Crippen molar-refractivity contribution in [1.82, 2.24) is 10.3 Å². The van der Waals surface area contributed by atoms with Crippen LogP contribution in [0.3, 0.4) is 0 Å². The van der Waals surface area contributed by atoms with Gasteiger partial charge < -0.3 is 10.1 Å². The maximum Gasteiger partial charge on any atom is 0.232 e. The van der Waals surface area contributed by atoms with Crippen LogP contribution in [0.2, 0.25) is 5.02 Å². The molecule has 1 saturated carbocycles. The van der Waals surface area contributed by atoms with E-state index in [-0.39, 0.29) is 0 Å². The van der Waals surface area contributed by atoms with Gasteiger partial charge in [0.1, 0.15) is 5.02 Å². The minimum atomic E-state index is 0.566. The molecule has 1 aromatic rings. The summed E-state index contributed by atoms with van der Waals surface area (Å²) in [6.07, 6.45) is 7.03. The van der Waals surface area contributed by atoms with Crippen LogP contribution in [-0.2, 0) is 6.54 Å². The summed E-state index contributed by atoms with van der Waals surface area (Å²) in [7, 11) is 0. The first-order valence-corrected chi connectivity index (χ1v) is 7.15. The lowest BCUT2D eigenvalue weighted by molar-refractivity contribution is 0.217. The van der Waals surface area contributed by atoms with Gasteiger partial charge in [0.05, 0.1) is 6.61 Å². The van der Waals surface area contributed by atoms with Crippen molar-refractivity contribution in [3.63, 3.8) is 0 Å². The van der Waals surface area contributed by atoms with Crippen LogP contribution in [-0.4, -0.2) is 18.1 Å². The second-order valence-electron chi connectivity index (χ2n) is 4.84. The Morgan fingerprint density at radius 2 is 2.33 bits per heavy atom. The second kappa shape index (κ2) is 6.95. The summed E-state index contributed by atoms with van der Waals surface area (Å²) < 4.78 is 5.64. The highest BCUT2D eigenvalue weighted by molar-refractivity contribution is 6.31. The molecule has 1 aliphatic carbocycles. The highest BCUT2D eigenvalue weighted by Crippen LogP contribution is 2.30. The first kappa shape index (κ1) is 13.6. The van der Waals surface area contributed by atoms with Crippen molar-refractivity contribution >= 4 is 11.6 Å². The zero-order valence-electron chi connectivity index (χ0n) is 10.9. The molecule has 0 amide bonds. The third-order valence-corrected chi connectivity index (χ3v) is 3.70. The fourth-order valence-corrected chi connectivity index (χ4v) is 2.28. The van der Waals surface area contributed by atoms with Crippen molar-refractivity contribution in [2.75, 3.05) is 13.2 Å². The van der Waals surface area contributed by atoms with Gasteiger partial charge in [0.25, 0.3) is 0 Å². The van der Waals surface area contributed by atoms with E-state index >= 15 is 0 Å². The molecule has 0 aromatic carbocycles. The number of rotatable bonds is 7. The zero-order chi connectivity index (χ0) is 12.8. The smallest absolute Gasteiger partial charge is 0.232 e. The summed E-state index contributed by atoms with van der Waals surface area (Å²) in [5.41, 5.74) is 1.09. The molecule has 0 radical (unpaired) electrons. The average Bonchev–Trinajstić information content (AvgIpc) is 2.31. The summed E-state index contributed by atoms with van der Waals surface area (Å²) in [4.78, 5) is 4.28. The first-order chi connectivity index (χ1) is 8.79. The number of nitrogens with zero attached hydrogens (tertiary/aromatic N) is 1. The van der Waals surface area contributed by atoms with Crippen molar-refractivity contribution in [2.45, 2.75) is 39.2 Å². The quantitative estimate of drug-likeness (QED) is 0.823. The van der Waals surface area contributed by atoms with Crippen LogP contribution in [0.4, 0.5) is 0 Å². The number of aromatic nitrogens is 1. The predicted molar refractivity (Wildman–Crippen MR) is 74.1 cm³/mol. The standard InChI is InChI=1S/C14H21ClN2O/c1-2-16-9-12-8-13(15)14(17-10-12)18-7-6-11-4-3-5-11/h8,10-11,16H,2-7,9H2,1H3. The van der Waals surface area contributed by atoms with E-state index in [1.165, 1.54) is 19.3 Å². The van der Waals surface area contributed by atoms with E-state index in [1.807, 2.05) is 12.3 Å². The normalized spacial score (nSPS) is 15.4. The van der Waals surface area contributed by atoms with E-state index in [0.29, 0.717) is 10.9 Å². The number of halogens is 1. The maximum atomic E-state index is 6.16. The Balaban J connectivity index is 1.80. The minimum absolute atomic E-state index is 0.566. The number of hydrogen-bond donors (Lipinski definition) is 1. The molecule has 3 nitrogen and oxygen atoms in total.